The van der Waals surface area contributed by atoms with Crippen molar-refractivity contribution in [1.29, 1.82) is 0 Å². The van der Waals surface area contributed by atoms with E-state index in [0.29, 0.717) is 19.2 Å². The van der Waals surface area contributed by atoms with Gasteiger partial charge >= 0.3 is 0 Å². The lowest BCUT2D eigenvalue weighted by Crippen LogP contribution is -2.40. The molecule has 116 valence electrons. The third-order valence-electron chi connectivity index (χ3n) is 4.62. The highest BCUT2D eigenvalue weighted by Gasteiger charge is 2.41. The predicted molar refractivity (Wildman–Crippen MR) is 84.6 cm³/mol. The molecular formula is C18H27NO2. The lowest BCUT2D eigenvalue weighted by atomic mass is 10.1. The fourth-order valence-electron chi connectivity index (χ4n) is 2.97. The molecule has 2 saturated carbocycles. The Bertz CT molecular complexity index is 425. The first-order valence-electron chi connectivity index (χ1n) is 8.39. The first-order valence-corrected chi connectivity index (χ1v) is 8.39. The molecule has 0 aromatic heterocycles. The molecule has 3 rings (SSSR count). The van der Waals surface area contributed by atoms with Gasteiger partial charge in [0, 0.05) is 12.6 Å². The summed E-state index contributed by atoms with van der Waals surface area (Å²) in [6.07, 6.45) is 6.07. The minimum atomic E-state index is -0.434. The largest absolute Gasteiger partial charge is 0.491 e. The molecule has 2 N–H and O–H groups in total. The quantitative estimate of drug-likeness (QED) is 0.734. The van der Waals surface area contributed by atoms with E-state index in [1.165, 1.54) is 31.2 Å². The minimum Gasteiger partial charge on any atom is -0.491 e. The zero-order valence-electron chi connectivity index (χ0n) is 12.9. The Morgan fingerprint density at radius 1 is 1.14 bits per heavy atom. The van der Waals surface area contributed by atoms with Gasteiger partial charge in [0.05, 0.1) is 0 Å². The van der Waals surface area contributed by atoms with Gasteiger partial charge in [0.2, 0.25) is 0 Å². The number of aliphatic hydroxyl groups is 1. The van der Waals surface area contributed by atoms with Crippen LogP contribution in [-0.2, 0) is 6.42 Å². The predicted octanol–water partition coefficient (Wildman–Crippen LogP) is 2.77. The maximum absolute atomic E-state index is 10.1. The lowest BCUT2D eigenvalue weighted by molar-refractivity contribution is 0.102. The second-order valence-corrected chi connectivity index (χ2v) is 6.57. The van der Waals surface area contributed by atoms with Crippen molar-refractivity contribution >= 4 is 0 Å². The number of rotatable bonds is 9. The molecule has 2 aliphatic rings. The molecule has 0 bridgehead atoms. The van der Waals surface area contributed by atoms with E-state index in [9.17, 15) is 5.11 Å². The van der Waals surface area contributed by atoms with Crippen molar-refractivity contribution in [2.45, 2.75) is 51.2 Å². The van der Waals surface area contributed by atoms with Gasteiger partial charge in [-0.1, -0.05) is 19.1 Å². The van der Waals surface area contributed by atoms with Crippen molar-refractivity contribution in [2.75, 3.05) is 13.2 Å². The highest BCUT2D eigenvalue weighted by molar-refractivity contribution is 5.27. The second kappa shape index (κ2) is 6.80. The van der Waals surface area contributed by atoms with E-state index >= 15 is 0 Å². The van der Waals surface area contributed by atoms with Crippen LogP contribution in [0.25, 0.3) is 0 Å². The number of ether oxygens (including phenoxy) is 1. The maximum atomic E-state index is 10.1. The average Bonchev–Trinajstić information content (AvgIpc) is 3.38. The molecule has 0 aliphatic heterocycles. The van der Waals surface area contributed by atoms with Crippen LogP contribution in [0.3, 0.4) is 0 Å². The Morgan fingerprint density at radius 3 is 2.29 bits per heavy atom. The number of benzene rings is 1. The molecule has 1 aromatic rings. The van der Waals surface area contributed by atoms with Gasteiger partial charge in [-0.3, -0.25) is 0 Å². The molecule has 0 spiro atoms. The summed E-state index contributed by atoms with van der Waals surface area (Å²) in [6, 6.07) is 8.77. The van der Waals surface area contributed by atoms with Crippen LogP contribution in [-0.4, -0.2) is 30.4 Å². The molecule has 2 fully saturated rings. The summed E-state index contributed by atoms with van der Waals surface area (Å²) in [7, 11) is 0. The molecule has 0 radical (unpaired) electrons. The van der Waals surface area contributed by atoms with Crippen molar-refractivity contribution in [3.05, 3.63) is 29.8 Å². The Balaban J connectivity index is 1.38. The van der Waals surface area contributed by atoms with E-state index < -0.39 is 6.10 Å². The van der Waals surface area contributed by atoms with E-state index in [2.05, 4.69) is 24.4 Å². The van der Waals surface area contributed by atoms with Crippen molar-refractivity contribution in [1.82, 2.24) is 5.32 Å². The van der Waals surface area contributed by atoms with Crippen LogP contribution < -0.4 is 10.1 Å². The summed E-state index contributed by atoms with van der Waals surface area (Å²) in [6.45, 7) is 3.15. The molecule has 1 unspecified atom stereocenters. The van der Waals surface area contributed by atoms with Crippen LogP contribution in [0.5, 0.6) is 5.75 Å². The average molecular weight is 289 g/mol. The standard InChI is InChI=1S/C18H27NO2/c1-2-13-3-9-17(10-4-13)21-12-16(20)11-19-18(14-5-6-14)15-7-8-15/h3-4,9-10,14-16,18-20H,2,5-8,11-12H2,1H3. The third kappa shape index (κ3) is 4.45. The van der Waals surface area contributed by atoms with Crippen LogP contribution in [0.1, 0.15) is 38.2 Å². The van der Waals surface area contributed by atoms with E-state index in [1.807, 2.05) is 12.1 Å². The highest BCUT2D eigenvalue weighted by Crippen LogP contribution is 2.44. The van der Waals surface area contributed by atoms with Gasteiger partial charge in [-0.15, -0.1) is 0 Å². The Kier molecular flexibility index (Phi) is 4.81. The van der Waals surface area contributed by atoms with Gasteiger partial charge < -0.3 is 15.2 Å². The zero-order chi connectivity index (χ0) is 14.7. The smallest absolute Gasteiger partial charge is 0.119 e. The Labute approximate surface area is 127 Å². The van der Waals surface area contributed by atoms with Gasteiger partial charge in [-0.05, 0) is 61.6 Å². The minimum absolute atomic E-state index is 0.362. The monoisotopic (exact) mass is 289 g/mol. The maximum Gasteiger partial charge on any atom is 0.119 e. The van der Waals surface area contributed by atoms with Crippen molar-refractivity contribution < 1.29 is 9.84 Å². The molecule has 3 nitrogen and oxygen atoms in total. The zero-order valence-corrected chi connectivity index (χ0v) is 12.9. The van der Waals surface area contributed by atoms with Crippen molar-refractivity contribution in [3.63, 3.8) is 0 Å². The summed E-state index contributed by atoms with van der Waals surface area (Å²) in [5.41, 5.74) is 1.31. The number of hydrogen-bond acceptors (Lipinski definition) is 3. The van der Waals surface area contributed by atoms with Crippen LogP contribution >= 0.6 is 0 Å². The van der Waals surface area contributed by atoms with Crippen molar-refractivity contribution in [2.24, 2.45) is 11.8 Å². The van der Waals surface area contributed by atoms with Gasteiger partial charge in [-0.25, -0.2) is 0 Å². The number of aliphatic hydroxyl groups excluding tert-OH is 1. The van der Waals surface area contributed by atoms with Crippen LogP contribution in [0.15, 0.2) is 24.3 Å². The number of nitrogens with one attached hydrogen (secondary N) is 1. The molecule has 21 heavy (non-hydrogen) atoms. The Hall–Kier alpha value is -1.06. The van der Waals surface area contributed by atoms with E-state index in [4.69, 9.17) is 4.74 Å². The molecule has 3 heteroatoms. The van der Waals surface area contributed by atoms with Gasteiger partial charge in [0.25, 0.3) is 0 Å². The summed E-state index contributed by atoms with van der Waals surface area (Å²) < 4.78 is 5.66. The highest BCUT2D eigenvalue weighted by atomic mass is 16.5. The van der Waals surface area contributed by atoms with E-state index in [0.717, 1.165) is 24.0 Å². The molecule has 0 saturated heterocycles. The second-order valence-electron chi connectivity index (χ2n) is 6.57. The molecule has 0 amide bonds. The fraction of sp³-hybridized carbons (Fsp3) is 0.667. The fourth-order valence-corrected chi connectivity index (χ4v) is 2.97. The lowest BCUT2D eigenvalue weighted by Gasteiger charge is -2.20. The molecule has 1 atom stereocenters. The molecule has 2 aliphatic carbocycles. The van der Waals surface area contributed by atoms with Crippen LogP contribution in [0.4, 0.5) is 0 Å². The van der Waals surface area contributed by atoms with Gasteiger partial charge in [-0.2, -0.15) is 0 Å². The van der Waals surface area contributed by atoms with Crippen molar-refractivity contribution in [3.8, 4) is 5.75 Å². The summed E-state index contributed by atoms with van der Waals surface area (Å²) in [4.78, 5) is 0. The summed E-state index contributed by atoms with van der Waals surface area (Å²) in [5, 5.41) is 13.6. The first-order chi connectivity index (χ1) is 10.3. The molecular weight excluding hydrogens is 262 g/mol. The topological polar surface area (TPSA) is 41.5 Å². The number of hydrogen-bond donors (Lipinski definition) is 2. The third-order valence-corrected chi connectivity index (χ3v) is 4.62. The van der Waals surface area contributed by atoms with Crippen LogP contribution in [0.2, 0.25) is 0 Å². The first kappa shape index (κ1) is 14.9. The Morgan fingerprint density at radius 2 is 1.76 bits per heavy atom. The SMILES string of the molecule is CCc1ccc(OCC(O)CNC(C2CC2)C2CC2)cc1. The van der Waals surface area contributed by atoms with Gasteiger partial charge in [0.1, 0.15) is 18.5 Å². The normalized spacial score (nSPS) is 19.8. The van der Waals surface area contributed by atoms with E-state index in [-0.39, 0.29) is 0 Å². The molecule has 1 aromatic carbocycles. The van der Waals surface area contributed by atoms with E-state index in [1.54, 1.807) is 0 Å². The van der Waals surface area contributed by atoms with Crippen LogP contribution in [0, 0.1) is 11.8 Å². The summed E-state index contributed by atoms with van der Waals surface area (Å²) in [5.74, 6) is 2.58. The number of aryl methyl sites for hydroxylation is 1. The molecule has 0 heterocycles. The van der Waals surface area contributed by atoms with Gasteiger partial charge in [0.15, 0.2) is 0 Å². The summed E-state index contributed by atoms with van der Waals surface area (Å²) >= 11 is 0.